The molecule has 1 atom stereocenters. The van der Waals surface area contributed by atoms with Crippen LogP contribution in [-0.4, -0.2) is 35.9 Å². The second-order valence-corrected chi connectivity index (χ2v) is 7.32. The maximum Gasteiger partial charge on any atom is 0.335 e. The van der Waals surface area contributed by atoms with Gasteiger partial charge in [-0.3, -0.25) is 24.5 Å². The number of hydrazone groups is 1. The third-order valence-electron chi connectivity index (χ3n) is 4.14. The molecular formula is C20H16BrN5O5. The number of halogens is 1. The zero-order valence-electron chi connectivity index (χ0n) is 16.1. The van der Waals surface area contributed by atoms with Crippen LogP contribution in [0.25, 0.3) is 0 Å². The van der Waals surface area contributed by atoms with Gasteiger partial charge >= 0.3 is 6.03 Å². The van der Waals surface area contributed by atoms with Crippen LogP contribution in [0.3, 0.4) is 0 Å². The van der Waals surface area contributed by atoms with E-state index >= 15 is 0 Å². The van der Waals surface area contributed by atoms with Crippen molar-refractivity contribution < 1.29 is 24.0 Å². The number of barbiturate groups is 1. The van der Waals surface area contributed by atoms with E-state index in [1.54, 1.807) is 24.3 Å². The molecule has 3 N–H and O–H groups in total. The summed E-state index contributed by atoms with van der Waals surface area (Å²) in [5, 5.41) is 8.35. The summed E-state index contributed by atoms with van der Waals surface area (Å²) >= 11 is 3.26. The van der Waals surface area contributed by atoms with Crippen molar-refractivity contribution in [2.24, 2.45) is 11.0 Å². The molecule has 0 radical (unpaired) electrons. The fraction of sp³-hybridized carbons (Fsp3) is 0.100. The maximum absolute atomic E-state index is 12.7. The standard InChI is InChI=1S/C20H16BrN5O5/c1-11(27)23-14-6-2-12(3-7-14)17(28)25-22-10-16-18(29)24-20(31)26(19(16)30)15-8-4-13(21)5-9-15/h2-10,16H,1H3,(H,23,27)(H,25,28)(H,24,29,31)/b22-10-/t16-/m1/s1. The molecule has 0 unspecified atom stereocenters. The van der Waals surface area contributed by atoms with Crippen molar-refractivity contribution in [1.82, 2.24) is 10.7 Å². The number of urea groups is 1. The van der Waals surface area contributed by atoms with Crippen molar-refractivity contribution >= 4 is 63.2 Å². The lowest BCUT2D eigenvalue weighted by molar-refractivity contribution is -0.131. The summed E-state index contributed by atoms with van der Waals surface area (Å²) in [4.78, 5) is 61.0. The summed E-state index contributed by atoms with van der Waals surface area (Å²) in [6.07, 6.45) is 0.958. The number of imide groups is 2. The summed E-state index contributed by atoms with van der Waals surface area (Å²) in [5.74, 6) is -3.87. The van der Waals surface area contributed by atoms with Gasteiger partial charge in [0.2, 0.25) is 11.8 Å². The summed E-state index contributed by atoms with van der Waals surface area (Å²) in [5.41, 5.74) is 3.27. The topological polar surface area (TPSA) is 137 Å². The molecule has 31 heavy (non-hydrogen) atoms. The Bertz CT molecular complexity index is 1080. The van der Waals surface area contributed by atoms with Gasteiger partial charge in [-0.05, 0) is 48.5 Å². The molecule has 10 nitrogen and oxygen atoms in total. The van der Waals surface area contributed by atoms with Crippen LogP contribution in [0.2, 0.25) is 0 Å². The monoisotopic (exact) mass is 485 g/mol. The number of hydrogen-bond donors (Lipinski definition) is 3. The number of amides is 6. The van der Waals surface area contributed by atoms with Crippen molar-refractivity contribution in [3.63, 3.8) is 0 Å². The molecule has 6 amide bonds. The normalized spacial score (nSPS) is 16.3. The minimum Gasteiger partial charge on any atom is -0.326 e. The van der Waals surface area contributed by atoms with Crippen molar-refractivity contribution in [3.05, 3.63) is 58.6 Å². The Morgan fingerprint density at radius 3 is 2.32 bits per heavy atom. The van der Waals surface area contributed by atoms with E-state index in [9.17, 15) is 24.0 Å². The smallest absolute Gasteiger partial charge is 0.326 e. The average molecular weight is 486 g/mol. The molecule has 1 aliphatic heterocycles. The molecule has 0 bridgehead atoms. The quantitative estimate of drug-likeness (QED) is 0.338. The van der Waals surface area contributed by atoms with Gasteiger partial charge in [0.15, 0.2) is 5.92 Å². The van der Waals surface area contributed by atoms with Gasteiger partial charge in [-0.25, -0.2) is 15.1 Å². The molecule has 0 saturated carbocycles. The first kappa shape index (κ1) is 21.8. The van der Waals surface area contributed by atoms with Gasteiger partial charge in [-0.1, -0.05) is 15.9 Å². The first-order valence-corrected chi connectivity index (χ1v) is 9.71. The zero-order chi connectivity index (χ0) is 22.5. The number of anilines is 2. The van der Waals surface area contributed by atoms with E-state index in [4.69, 9.17) is 0 Å². The fourth-order valence-corrected chi connectivity index (χ4v) is 2.96. The van der Waals surface area contributed by atoms with E-state index in [2.05, 4.69) is 37.1 Å². The van der Waals surface area contributed by atoms with Crippen LogP contribution in [0, 0.1) is 5.92 Å². The number of carbonyl (C=O) groups is 5. The molecule has 1 aliphatic rings. The molecular weight excluding hydrogens is 470 g/mol. The van der Waals surface area contributed by atoms with Crippen LogP contribution in [0.1, 0.15) is 17.3 Å². The molecule has 3 rings (SSSR count). The van der Waals surface area contributed by atoms with Crippen LogP contribution in [0.4, 0.5) is 16.2 Å². The highest BCUT2D eigenvalue weighted by molar-refractivity contribution is 9.10. The van der Waals surface area contributed by atoms with Gasteiger partial charge in [0.25, 0.3) is 11.8 Å². The first-order chi connectivity index (χ1) is 14.8. The molecule has 0 spiro atoms. The molecule has 0 aliphatic carbocycles. The van der Waals surface area contributed by atoms with Crippen molar-refractivity contribution in [1.29, 1.82) is 0 Å². The minimum absolute atomic E-state index is 0.243. The second-order valence-electron chi connectivity index (χ2n) is 6.40. The Morgan fingerprint density at radius 2 is 1.71 bits per heavy atom. The van der Waals surface area contributed by atoms with E-state index in [0.717, 1.165) is 15.6 Å². The predicted molar refractivity (Wildman–Crippen MR) is 115 cm³/mol. The third-order valence-corrected chi connectivity index (χ3v) is 4.67. The van der Waals surface area contributed by atoms with Crippen molar-refractivity contribution in [3.8, 4) is 0 Å². The highest BCUT2D eigenvalue weighted by Gasteiger charge is 2.40. The predicted octanol–water partition coefficient (Wildman–Crippen LogP) is 2.02. The van der Waals surface area contributed by atoms with Gasteiger partial charge in [0.05, 0.1) is 5.69 Å². The van der Waals surface area contributed by atoms with Crippen molar-refractivity contribution in [2.45, 2.75) is 6.92 Å². The largest absolute Gasteiger partial charge is 0.335 e. The van der Waals surface area contributed by atoms with E-state index in [-0.39, 0.29) is 17.2 Å². The van der Waals surface area contributed by atoms with Crippen LogP contribution in [0.5, 0.6) is 0 Å². The first-order valence-electron chi connectivity index (χ1n) is 8.92. The van der Waals surface area contributed by atoms with Gasteiger partial charge in [-0.2, -0.15) is 5.10 Å². The zero-order valence-corrected chi connectivity index (χ0v) is 17.7. The summed E-state index contributed by atoms with van der Waals surface area (Å²) in [7, 11) is 0. The third kappa shape index (κ3) is 5.20. The van der Waals surface area contributed by atoms with Gasteiger partial charge < -0.3 is 5.32 Å². The Morgan fingerprint density at radius 1 is 1.06 bits per heavy atom. The number of rotatable bonds is 5. The number of benzene rings is 2. The van der Waals surface area contributed by atoms with Gasteiger partial charge in [0, 0.05) is 28.9 Å². The SMILES string of the molecule is CC(=O)Nc1ccc(C(=O)N/N=C\[C@@H]2C(=O)NC(=O)N(c3ccc(Br)cc3)C2=O)cc1. The lowest BCUT2D eigenvalue weighted by Crippen LogP contribution is -2.58. The molecule has 11 heteroatoms. The number of nitrogens with one attached hydrogen (secondary N) is 3. The van der Waals surface area contributed by atoms with Crippen LogP contribution < -0.4 is 21.0 Å². The second kappa shape index (κ2) is 9.30. The molecule has 2 aromatic carbocycles. The highest BCUT2D eigenvalue weighted by atomic mass is 79.9. The summed E-state index contributed by atoms with van der Waals surface area (Å²) in [6, 6.07) is 11.5. The van der Waals surface area contributed by atoms with Crippen LogP contribution in [0.15, 0.2) is 58.1 Å². The molecule has 158 valence electrons. The van der Waals surface area contributed by atoms with Crippen molar-refractivity contribution in [2.75, 3.05) is 10.2 Å². The number of nitrogens with zero attached hydrogens (tertiary/aromatic N) is 2. The summed E-state index contributed by atoms with van der Waals surface area (Å²) in [6.45, 7) is 1.36. The molecule has 1 fully saturated rings. The Balaban J connectivity index is 1.68. The Kier molecular flexibility index (Phi) is 6.55. The molecule has 2 aromatic rings. The minimum atomic E-state index is -1.40. The van der Waals surface area contributed by atoms with E-state index in [1.807, 2.05) is 0 Å². The Hall–Kier alpha value is -3.86. The highest BCUT2D eigenvalue weighted by Crippen LogP contribution is 2.22. The summed E-state index contributed by atoms with van der Waals surface area (Å²) < 4.78 is 0.753. The lowest BCUT2D eigenvalue weighted by atomic mass is 10.1. The molecule has 0 aromatic heterocycles. The molecule has 1 saturated heterocycles. The maximum atomic E-state index is 12.7. The van der Waals surface area contributed by atoms with E-state index in [1.165, 1.54) is 31.2 Å². The average Bonchev–Trinajstić information content (AvgIpc) is 2.71. The van der Waals surface area contributed by atoms with Gasteiger partial charge in [0.1, 0.15) is 0 Å². The van der Waals surface area contributed by atoms with Crippen LogP contribution >= 0.6 is 15.9 Å². The number of hydrogen-bond acceptors (Lipinski definition) is 6. The van der Waals surface area contributed by atoms with Gasteiger partial charge in [-0.15, -0.1) is 0 Å². The number of carbonyl (C=O) groups excluding carboxylic acids is 5. The Labute approximate surface area is 184 Å². The van der Waals surface area contributed by atoms with Crippen LogP contribution in [-0.2, 0) is 14.4 Å². The van der Waals surface area contributed by atoms with E-state index < -0.39 is 29.7 Å². The van der Waals surface area contributed by atoms with E-state index in [0.29, 0.717) is 5.69 Å². The molecule has 1 heterocycles. The lowest BCUT2D eigenvalue weighted by Gasteiger charge is -2.28. The fourth-order valence-electron chi connectivity index (χ4n) is 2.70.